The van der Waals surface area contributed by atoms with Crippen molar-refractivity contribution in [1.82, 2.24) is 0 Å². The highest BCUT2D eigenvalue weighted by Crippen LogP contribution is 2.30. The van der Waals surface area contributed by atoms with E-state index in [1.807, 2.05) is 25.1 Å². The SMILES string of the molecule is COc1ccc(Br)c(NC(C)c2ccc(F)c(F)c2)c1. The van der Waals surface area contributed by atoms with Crippen molar-refractivity contribution in [3.05, 3.63) is 58.1 Å². The van der Waals surface area contributed by atoms with Crippen LogP contribution in [0.5, 0.6) is 5.75 Å². The van der Waals surface area contributed by atoms with Crippen molar-refractivity contribution in [2.24, 2.45) is 0 Å². The average molecular weight is 342 g/mol. The molecular weight excluding hydrogens is 328 g/mol. The molecule has 0 aliphatic carbocycles. The normalized spacial score (nSPS) is 12.1. The predicted molar refractivity (Wildman–Crippen MR) is 79.1 cm³/mol. The van der Waals surface area contributed by atoms with E-state index >= 15 is 0 Å². The largest absolute Gasteiger partial charge is 0.497 e. The van der Waals surface area contributed by atoms with Gasteiger partial charge in [0, 0.05) is 16.6 Å². The van der Waals surface area contributed by atoms with Gasteiger partial charge in [0.2, 0.25) is 0 Å². The van der Waals surface area contributed by atoms with Crippen molar-refractivity contribution in [1.29, 1.82) is 0 Å². The lowest BCUT2D eigenvalue weighted by molar-refractivity contribution is 0.415. The maximum absolute atomic E-state index is 13.2. The maximum Gasteiger partial charge on any atom is 0.159 e. The molecule has 0 saturated heterocycles. The number of halogens is 3. The Morgan fingerprint density at radius 1 is 1.10 bits per heavy atom. The number of hydrogen-bond donors (Lipinski definition) is 1. The molecule has 0 radical (unpaired) electrons. The van der Waals surface area contributed by atoms with E-state index in [0.717, 1.165) is 16.2 Å². The summed E-state index contributed by atoms with van der Waals surface area (Å²) < 4.78 is 32.2. The van der Waals surface area contributed by atoms with Crippen LogP contribution < -0.4 is 10.1 Å². The predicted octanol–water partition coefficient (Wildman–Crippen LogP) is 4.91. The maximum atomic E-state index is 13.2. The Hall–Kier alpha value is -1.62. The van der Waals surface area contributed by atoms with E-state index in [4.69, 9.17) is 4.74 Å². The Balaban J connectivity index is 2.22. The summed E-state index contributed by atoms with van der Waals surface area (Å²) in [4.78, 5) is 0. The van der Waals surface area contributed by atoms with Crippen molar-refractivity contribution >= 4 is 21.6 Å². The molecule has 20 heavy (non-hydrogen) atoms. The van der Waals surface area contributed by atoms with Gasteiger partial charge in [0.05, 0.1) is 12.8 Å². The summed E-state index contributed by atoms with van der Waals surface area (Å²) in [5, 5.41) is 3.23. The number of nitrogens with one attached hydrogen (secondary N) is 1. The van der Waals surface area contributed by atoms with Crippen molar-refractivity contribution in [3.63, 3.8) is 0 Å². The highest BCUT2D eigenvalue weighted by molar-refractivity contribution is 9.10. The molecule has 2 aromatic carbocycles. The van der Waals surface area contributed by atoms with Crippen LogP contribution in [0.1, 0.15) is 18.5 Å². The van der Waals surface area contributed by atoms with Gasteiger partial charge in [0.15, 0.2) is 11.6 Å². The molecule has 5 heteroatoms. The highest BCUT2D eigenvalue weighted by atomic mass is 79.9. The van der Waals surface area contributed by atoms with E-state index in [0.29, 0.717) is 11.3 Å². The van der Waals surface area contributed by atoms with Crippen LogP contribution in [0.3, 0.4) is 0 Å². The third-order valence-corrected chi connectivity index (χ3v) is 3.68. The van der Waals surface area contributed by atoms with Gasteiger partial charge < -0.3 is 10.1 Å². The van der Waals surface area contributed by atoms with Gasteiger partial charge >= 0.3 is 0 Å². The van der Waals surface area contributed by atoms with Gasteiger partial charge in [-0.05, 0) is 52.7 Å². The Labute approximate surface area is 124 Å². The van der Waals surface area contributed by atoms with Crippen LogP contribution >= 0.6 is 15.9 Å². The molecule has 0 amide bonds. The lowest BCUT2D eigenvalue weighted by Gasteiger charge is -2.17. The summed E-state index contributed by atoms with van der Waals surface area (Å²) in [5.74, 6) is -0.974. The summed E-state index contributed by atoms with van der Waals surface area (Å²) in [5.41, 5.74) is 1.49. The summed E-state index contributed by atoms with van der Waals surface area (Å²) in [6.45, 7) is 1.87. The number of rotatable bonds is 4. The van der Waals surface area contributed by atoms with Crippen LogP contribution in [-0.4, -0.2) is 7.11 Å². The van der Waals surface area contributed by atoms with Gasteiger partial charge in [-0.2, -0.15) is 0 Å². The highest BCUT2D eigenvalue weighted by Gasteiger charge is 2.11. The van der Waals surface area contributed by atoms with Crippen molar-refractivity contribution in [2.75, 3.05) is 12.4 Å². The molecule has 106 valence electrons. The second kappa shape index (κ2) is 6.22. The van der Waals surface area contributed by atoms with Crippen molar-refractivity contribution in [2.45, 2.75) is 13.0 Å². The van der Waals surface area contributed by atoms with Crippen LogP contribution in [-0.2, 0) is 0 Å². The fraction of sp³-hybridized carbons (Fsp3) is 0.200. The minimum absolute atomic E-state index is 0.173. The molecule has 0 aliphatic rings. The van der Waals surface area contributed by atoms with Crippen molar-refractivity contribution < 1.29 is 13.5 Å². The Bertz CT molecular complexity index is 619. The van der Waals surface area contributed by atoms with E-state index in [1.165, 1.54) is 6.07 Å². The van der Waals surface area contributed by atoms with E-state index in [1.54, 1.807) is 13.2 Å². The topological polar surface area (TPSA) is 21.3 Å². The van der Waals surface area contributed by atoms with Crippen molar-refractivity contribution in [3.8, 4) is 5.75 Å². The molecule has 0 bridgehead atoms. The first-order valence-corrected chi connectivity index (χ1v) is 6.85. The number of anilines is 1. The Morgan fingerprint density at radius 2 is 1.85 bits per heavy atom. The minimum Gasteiger partial charge on any atom is -0.497 e. The minimum atomic E-state index is -0.846. The van der Waals surface area contributed by atoms with Crippen LogP contribution in [0, 0.1) is 11.6 Å². The fourth-order valence-electron chi connectivity index (χ4n) is 1.84. The van der Waals surface area contributed by atoms with E-state index in [-0.39, 0.29) is 6.04 Å². The Morgan fingerprint density at radius 3 is 2.50 bits per heavy atom. The Kier molecular flexibility index (Phi) is 4.60. The summed E-state index contributed by atoms with van der Waals surface area (Å²) >= 11 is 3.43. The fourth-order valence-corrected chi connectivity index (χ4v) is 2.20. The molecule has 2 nitrogen and oxygen atoms in total. The van der Waals surface area contributed by atoms with Crippen LogP contribution in [0.4, 0.5) is 14.5 Å². The number of hydrogen-bond acceptors (Lipinski definition) is 2. The molecule has 0 saturated carbocycles. The zero-order chi connectivity index (χ0) is 14.7. The second-order valence-corrected chi connectivity index (χ2v) is 5.24. The molecular formula is C15H14BrF2NO. The zero-order valence-corrected chi connectivity index (χ0v) is 12.7. The molecule has 2 aromatic rings. The smallest absolute Gasteiger partial charge is 0.159 e. The summed E-state index contributed by atoms with van der Waals surface area (Å²) in [6, 6.07) is 9.24. The number of methoxy groups -OCH3 is 1. The van der Waals surface area contributed by atoms with Gasteiger partial charge in [-0.1, -0.05) is 6.07 Å². The average Bonchev–Trinajstić information content (AvgIpc) is 2.44. The summed E-state index contributed by atoms with van der Waals surface area (Å²) in [6.07, 6.45) is 0. The molecule has 0 spiro atoms. The van der Waals surface area contributed by atoms with Gasteiger partial charge in [0.1, 0.15) is 5.75 Å². The zero-order valence-electron chi connectivity index (χ0n) is 11.1. The third kappa shape index (κ3) is 3.28. The molecule has 1 atom stereocenters. The molecule has 0 heterocycles. The van der Waals surface area contributed by atoms with Gasteiger partial charge in [-0.15, -0.1) is 0 Å². The number of ether oxygens (including phenoxy) is 1. The molecule has 0 fully saturated rings. The third-order valence-electron chi connectivity index (χ3n) is 2.99. The molecule has 2 rings (SSSR count). The quantitative estimate of drug-likeness (QED) is 0.853. The summed E-state index contributed by atoms with van der Waals surface area (Å²) in [7, 11) is 1.59. The first-order chi connectivity index (χ1) is 9.51. The molecule has 0 aromatic heterocycles. The first-order valence-electron chi connectivity index (χ1n) is 6.06. The first kappa shape index (κ1) is 14.8. The lowest BCUT2D eigenvalue weighted by atomic mass is 10.1. The van der Waals surface area contributed by atoms with E-state index in [9.17, 15) is 8.78 Å². The van der Waals surface area contributed by atoms with Gasteiger partial charge in [-0.25, -0.2) is 8.78 Å². The van der Waals surface area contributed by atoms with Gasteiger partial charge in [-0.3, -0.25) is 0 Å². The molecule has 0 aliphatic heterocycles. The van der Waals surface area contributed by atoms with Crippen LogP contribution in [0.25, 0.3) is 0 Å². The second-order valence-electron chi connectivity index (χ2n) is 4.39. The van der Waals surface area contributed by atoms with Crippen LogP contribution in [0.15, 0.2) is 40.9 Å². The number of benzene rings is 2. The van der Waals surface area contributed by atoms with Gasteiger partial charge in [0.25, 0.3) is 0 Å². The van der Waals surface area contributed by atoms with E-state index < -0.39 is 11.6 Å². The lowest BCUT2D eigenvalue weighted by Crippen LogP contribution is -2.08. The van der Waals surface area contributed by atoms with E-state index in [2.05, 4.69) is 21.2 Å². The van der Waals surface area contributed by atoms with Crippen LogP contribution in [0.2, 0.25) is 0 Å². The standard InChI is InChI=1S/C15H14BrF2NO/c1-9(10-3-6-13(17)14(18)7-10)19-15-8-11(20-2)4-5-12(15)16/h3-9,19H,1-2H3. The molecule has 1 unspecified atom stereocenters. The molecule has 1 N–H and O–H groups in total. The monoisotopic (exact) mass is 341 g/mol.